The van der Waals surface area contributed by atoms with E-state index in [4.69, 9.17) is 5.26 Å². The number of sulfonamides is 1. The van der Waals surface area contributed by atoms with E-state index in [1.54, 1.807) is 19.2 Å². The normalized spacial score (nSPS) is 10.6. The highest BCUT2D eigenvalue weighted by atomic mass is 32.2. The molecule has 2 aromatic rings. The minimum atomic E-state index is -3.68. The average molecular weight is 288 g/mol. The third-order valence-electron chi connectivity index (χ3n) is 2.56. The molecule has 0 aliphatic heterocycles. The van der Waals surface area contributed by atoms with E-state index in [1.165, 1.54) is 30.5 Å². The van der Waals surface area contributed by atoms with Crippen molar-refractivity contribution in [2.45, 2.75) is 4.90 Å². The van der Waals surface area contributed by atoms with Gasteiger partial charge in [-0.05, 0) is 30.3 Å². The molecule has 0 amide bonds. The highest BCUT2D eigenvalue weighted by molar-refractivity contribution is 7.92. The lowest BCUT2D eigenvalue weighted by molar-refractivity contribution is 0.601. The number of pyridine rings is 1. The van der Waals surface area contributed by atoms with E-state index in [2.05, 4.69) is 15.0 Å². The summed E-state index contributed by atoms with van der Waals surface area (Å²) in [4.78, 5) is 4.07. The Morgan fingerprint density at radius 3 is 2.50 bits per heavy atom. The molecule has 2 rings (SSSR count). The van der Waals surface area contributed by atoms with Crippen molar-refractivity contribution in [3.63, 3.8) is 0 Å². The van der Waals surface area contributed by atoms with Gasteiger partial charge >= 0.3 is 0 Å². The van der Waals surface area contributed by atoms with E-state index in [1.807, 2.05) is 6.07 Å². The number of rotatable bonds is 4. The summed E-state index contributed by atoms with van der Waals surface area (Å²) in [6.45, 7) is 0. The Kier molecular flexibility index (Phi) is 3.86. The third kappa shape index (κ3) is 3.05. The van der Waals surface area contributed by atoms with Crippen molar-refractivity contribution in [1.82, 2.24) is 4.98 Å². The second kappa shape index (κ2) is 5.59. The van der Waals surface area contributed by atoms with E-state index < -0.39 is 10.0 Å². The topological polar surface area (TPSA) is 94.9 Å². The van der Waals surface area contributed by atoms with Crippen LogP contribution in [0.15, 0.2) is 47.5 Å². The van der Waals surface area contributed by atoms with Crippen molar-refractivity contribution in [1.29, 1.82) is 5.26 Å². The Bertz CT molecular complexity index is 749. The van der Waals surface area contributed by atoms with Crippen LogP contribution < -0.4 is 10.0 Å². The molecule has 20 heavy (non-hydrogen) atoms. The van der Waals surface area contributed by atoms with E-state index >= 15 is 0 Å². The van der Waals surface area contributed by atoms with Gasteiger partial charge in [0.1, 0.15) is 5.82 Å². The van der Waals surface area contributed by atoms with Gasteiger partial charge in [-0.15, -0.1) is 0 Å². The fraction of sp³-hybridized carbons (Fsp3) is 0.0769. The number of benzene rings is 1. The average Bonchev–Trinajstić information content (AvgIpc) is 2.48. The van der Waals surface area contributed by atoms with E-state index in [9.17, 15) is 8.42 Å². The quantitative estimate of drug-likeness (QED) is 0.894. The number of nitriles is 1. The van der Waals surface area contributed by atoms with E-state index in [0.29, 0.717) is 17.1 Å². The van der Waals surface area contributed by atoms with Gasteiger partial charge in [0.05, 0.1) is 16.5 Å². The van der Waals surface area contributed by atoms with Crippen molar-refractivity contribution >= 4 is 21.5 Å². The zero-order chi connectivity index (χ0) is 14.6. The lowest BCUT2D eigenvalue weighted by Gasteiger charge is -2.09. The molecule has 0 radical (unpaired) electrons. The van der Waals surface area contributed by atoms with Crippen LogP contribution in [0.2, 0.25) is 0 Å². The Balaban J connectivity index is 2.28. The molecule has 0 fully saturated rings. The summed E-state index contributed by atoms with van der Waals surface area (Å²) in [5.74, 6) is 0.465. The van der Waals surface area contributed by atoms with Crippen LogP contribution in [-0.2, 0) is 10.0 Å². The zero-order valence-electron chi connectivity index (χ0n) is 10.7. The first-order valence-corrected chi connectivity index (χ1v) is 7.20. The zero-order valence-corrected chi connectivity index (χ0v) is 11.5. The fourth-order valence-corrected chi connectivity index (χ4v) is 2.61. The SMILES string of the molecule is CNc1cc(S(=O)(=O)Nc2ccc(C#N)cc2)ccn1. The molecular formula is C13H12N4O2S. The van der Waals surface area contributed by atoms with Gasteiger partial charge in [0.15, 0.2) is 0 Å². The maximum Gasteiger partial charge on any atom is 0.262 e. The summed E-state index contributed by atoms with van der Waals surface area (Å²) in [5.41, 5.74) is 0.862. The monoisotopic (exact) mass is 288 g/mol. The number of hydrogen-bond donors (Lipinski definition) is 2. The molecule has 1 aromatic heterocycles. The highest BCUT2D eigenvalue weighted by Crippen LogP contribution is 2.17. The number of aromatic nitrogens is 1. The molecule has 0 atom stereocenters. The molecule has 6 nitrogen and oxygen atoms in total. The minimum absolute atomic E-state index is 0.112. The molecule has 0 unspecified atom stereocenters. The molecular weight excluding hydrogens is 276 g/mol. The van der Waals surface area contributed by atoms with Crippen LogP contribution in [0.1, 0.15) is 5.56 Å². The Morgan fingerprint density at radius 2 is 1.90 bits per heavy atom. The molecule has 2 N–H and O–H groups in total. The Hall–Kier alpha value is -2.59. The van der Waals surface area contributed by atoms with Crippen LogP contribution in [0.25, 0.3) is 0 Å². The number of hydrogen-bond acceptors (Lipinski definition) is 5. The third-order valence-corrected chi connectivity index (χ3v) is 3.94. The summed E-state index contributed by atoms with van der Waals surface area (Å²) in [6.07, 6.45) is 1.42. The maximum atomic E-state index is 12.2. The van der Waals surface area contributed by atoms with E-state index in [-0.39, 0.29) is 4.90 Å². The van der Waals surface area contributed by atoms with Gasteiger partial charge in [-0.25, -0.2) is 13.4 Å². The van der Waals surface area contributed by atoms with Crippen LogP contribution >= 0.6 is 0 Å². The second-order valence-corrected chi connectivity index (χ2v) is 5.60. The molecule has 0 aliphatic carbocycles. The smallest absolute Gasteiger partial charge is 0.262 e. The minimum Gasteiger partial charge on any atom is -0.373 e. The van der Waals surface area contributed by atoms with Crippen molar-refractivity contribution in [2.24, 2.45) is 0 Å². The van der Waals surface area contributed by atoms with Crippen LogP contribution in [0, 0.1) is 11.3 Å². The lowest BCUT2D eigenvalue weighted by atomic mass is 10.2. The summed E-state index contributed by atoms with van der Waals surface area (Å²) >= 11 is 0. The predicted molar refractivity (Wildman–Crippen MR) is 75.7 cm³/mol. The first-order valence-electron chi connectivity index (χ1n) is 5.72. The summed E-state index contributed by atoms with van der Waals surface area (Å²) in [7, 11) is -2.02. The second-order valence-electron chi connectivity index (χ2n) is 3.92. The molecule has 1 aromatic carbocycles. The molecule has 0 saturated carbocycles. The largest absolute Gasteiger partial charge is 0.373 e. The molecule has 0 bridgehead atoms. The van der Waals surface area contributed by atoms with Gasteiger partial charge in [0.25, 0.3) is 10.0 Å². The van der Waals surface area contributed by atoms with Crippen LogP contribution in [-0.4, -0.2) is 20.4 Å². The fourth-order valence-electron chi connectivity index (χ4n) is 1.54. The molecule has 1 heterocycles. The van der Waals surface area contributed by atoms with Crippen molar-refractivity contribution in [3.8, 4) is 6.07 Å². The van der Waals surface area contributed by atoms with Gasteiger partial charge in [-0.1, -0.05) is 0 Å². The van der Waals surface area contributed by atoms with Gasteiger partial charge in [-0.2, -0.15) is 5.26 Å². The van der Waals surface area contributed by atoms with Crippen LogP contribution in [0.4, 0.5) is 11.5 Å². The number of anilines is 2. The molecule has 0 spiro atoms. The van der Waals surface area contributed by atoms with Gasteiger partial charge in [0.2, 0.25) is 0 Å². The van der Waals surface area contributed by atoms with E-state index in [0.717, 1.165) is 0 Å². The number of nitrogens with one attached hydrogen (secondary N) is 2. The maximum absolute atomic E-state index is 12.2. The van der Waals surface area contributed by atoms with Crippen LogP contribution in [0.5, 0.6) is 0 Å². The predicted octanol–water partition coefficient (Wildman–Crippen LogP) is 1.80. The number of nitrogens with zero attached hydrogens (tertiary/aromatic N) is 2. The summed E-state index contributed by atoms with van der Waals surface area (Å²) in [6, 6.07) is 11.0. The molecule has 102 valence electrons. The molecule has 7 heteroatoms. The summed E-state index contributed by atoms with van der Waals surface area (Å²) in [5, 5.41) is 11.5. The Labute approximate surface area is 117 Å². The van der Waals surface area contributed by atoms with Crippen molar-refractivity contribution in [3.05, 3.63) is 48.2 Å². The van der Waals surface area contributed by atoms with Crippen molar-refractivity contribution < 1.29 is 8.42 Å². The molecule has 0 aliphatic rings. The van der Waals surface area contributed by atoms with Gasteiger partial charge < -0.3 is 5.32 Å². The first kappa shape index (κ1) is 13.8. The van der Waals surface area contributed by atoms with Gasteiger partial charge in [0, 0.05) is 25.0 Å². The first-order chi connectivity index (χ1) is 9.55. The van der Waals surface area contributed by atoms with Crippen molar-refractivity contribution in [2.75, 3.05) is 17.1 Å². The standard InChI is InChI=1S/C13H12N4O2S/c1-15-13-8-12(6-7-16-13)20(18,19)17-11-4-2-10(9-14)3-5-11/h2-8,17H,1H3,(H,15,16). The van der Waals surface area contributed by atoms with Gasteiger partial charge in [-0.3, -0.25) is 4.72 Å². The highest BCUT2D eigenvalue weighted by Gasteiger charge is 2.14. The Morgan fingerprint density at radius 1 is 1.20 bits per heavy atom. The molecule has 0 saturated heterocycles. The van der Waals surface area contributed by atoms with Crippen LogP contribution in [0.3, 0.4) is 0 Å². The lowest BCUT2D eigenvalue weighted by Crippen LogP contribution is -2.13. The summed E-state index contributed by atoms with van der Waals surface area (Å²) < 4.78 is 26.8.